The minimum Gasteiger partial charge on any atom is -0.238 e. The Balaban J connectivity index is 2.82. The molecule has 0 aromatic heterocycles. The highest BCUT2D eigenvalue weighted by atomic mass is 35.5. The van der Waals surface area contributed by atoms with E-state index in [0.717, 1.165) is 0 Å². The van der Waals surface area contributed by atoms with Gasteiger partial charge in [0.15, 0.2) is 0 Å². The van der Waals surface area contributed by atoms with E-state index in [0.29, 0.717) is 10.6 Å². The van der Waals surface area contributed by atoms with Gasteiger partial charge in [-0.2, -0.15) is 0 Å². The average molecular weight is 145 g/mol. The first-order chi connectivity index (χ1) is 4.20. The third-order valence-electron chi connectivity index (χ3n) is 1.09. The second-order valence-corrected chi connectivity index (χ2v) is 2.25. The molecule has 2 heteroatoms. The van der Waals surface area contributed by atoms with Crippen molar-refractivity contribution in [1.82, 2.24) is 0 Å². The highest BCUT2D eigenvalue weighted by Crippen LogP contribution is 2.20. The van der Waals surface area contributed by atoms with E-state index < -0.39 is 6.17 Å². The Morgan fingerprint density at radius 3 is 2.78 bits per heavy atom. The molecular formula is C7H6ClF. The van der Waals surface area contributed by atoms with Crippen molar-refractivity contribution in [3.05, 3.63) is 35.4 Å². The van der Waals surface area contributed by atoms with Crippen LogP contribution < -0.4 is 0 Å². The maximum atomic E-state index is 12.3. The van der Waals surface area contributed by atoms with Crippen LogP contribution in [0.25, 0.3) is 0 Å². The molecule has 0 aromatic rings. The van der Waals surface area contributed by atoms with E-state index in [4.69, 9.17) is 11.6 Å². The van der Waals surface area contributed by atoms with Gasteiger partial charge in [-0.15, -0.1) is 0 Å². The van der Waals surface area contributed by atoms with Crippen molar-refractivity contribution in [3.63, 3.8) is 0 Å². The largest absolute Gasteiger partial charge is 0.238 e. The Labute approximate surface area is 58.3 Å². The molecular weight excluding hydrogens is 139 g/mol. The molecule has 0 fully saturated rings. The lowest BCUT2D eigenvalue weighted by Crippen LogP contribution is -1.95. The maximum Gasteiger partial charge on any atom is 0.139 e. The standard InChI is InChI=1S/C7H6ClF/c1-5-2-3-6(9)4-7(5)8/h2-4,6H,1H2. The summed E-state index contributed by atoms with van der Waals surface area (Å²) >= 11 is 5.53. The van der Waals surface area contributed by atoms with Crippen molar-refractivity contribution in [1.29, 1.82) is 0 Å². The van der Waals surface area contributed by atoms with Gasteiger partial charge in [-0.3, -0.25) is 0 Å². The Morgan fingerprint density at radius 2 is 2.33 bits per heavy atom. The smallest absolute Gasteiger partial charge is 0.139 e. The molecule has 0 heterocycles. The van der Waals surface area contributed by atoms with E-state index in [1.54, 1.807) is 6.08 Å². The number of rotatable bonds is 0. The van der Waals surface area contributed by atoms with Gasteiger partial charge in [-0.1, -0.05) is 24.3 Å². The predicted octanol–water partition coefficient (Wildman–Crippen LogP) is 2.57. The molecule has 0 saturated heterocycles. The van der Waals surface area contributed by atoms with Gasteiger partial charge in [0.2, 0.25) is 0 Å². The number of hydrogen-bond acceptors (Lipinski definition) is 0. The van der Waals surface area contributed by atoms with Gasteiger partial charge in [-0.05, 0) is 17.7 Å². The molecule has 0 spiro atoms. The van der Waals surface area contributed by atoms with Gasteiger partial charge in [-0.25, -0.2) is 4.39 Å². The second-order valence-electron chi connectivity index (χ2n) is 1.84. The highest BCUT2D eigenvalue weighted by molar-refractivity contribution is 6.32. The summed E-state index contributed by atoms with van der Waals surface area (Å²) in [7, 11) is 0. The minimum atomic E-state index is -1.04. The molecule has 1 aliphatic carbocycles. The zero-order valence-electron chi connectivity index (χ0n) is 4.77. The molecule has 0 N–H and O–H groups in total. The Morgan fingerprint density at radius 1 is 1.67 bits per heavy atom. The van der Waals surface area contributed by atoms with Crippen LogP contribution in [0.2, 0.25) is 0 Å². The molecule has 1 aliphatic rings. The summed E-state index contributed by atoms with van der Waals surface area (Å²) in [5.41, 5.74) is 0.672. The van der Waals surface area contributed by atoms with Crippen molar-refractivity contribution in [2.75, 3.05) is 0 Å². The fourth-order valence-corrected chi connectivity index (χ4v) is 0.773. The van der Waals surface area contributed by atoms with Crippen LogP contribution in [0.5, 0.6) is 0 Å². The lowest BCUT2D eigenvalue weighted by atomic mass is 10.1. The van der Waals surface area contributed by atoms with Crippen molar-refractivity contribution >= 4 is 11.6 Å². The first-order valence-corrected chi connectivity index (χ1v) is 2.97. The van der Waals surface area contributed by atoms with E-state index in [2.05, 4.69) is 6.58 Å². The Kier molecular flexibility index (Phi) is 1.72. The normalized spacial score (nSPS) is 26.2. The molecule has 0 saturated carbocycles. The van der Waals surface area contributed by atoms with E-state index in [1.165, 1.54) is 12.2 Å². The monoisotopic (exact) mass is 144 g/mol. The molecule has 0 aromatic carbocycles. The lowest BCUT2D eigenvalue weighted by molar-refractivity contribution is 0.466. The van der Waals surface area contributed by atoms with Gasteiger partial charge >= 0.3 is 0 Å². The van der Waals surface area contributed by atoms with Crippen LogP contribution >= 0.6 is 11.6 Å². The van der Waals surface area contributed by atoms with Gasteiger partial charge in [0, 0.05) is 5.03 Å². The van der Waals surface area contributed by atoms with Crippen LogP contribution in [-0.2, 0) is 0 Å². The van der Waals surface area contributed by atoms with Crippen LogP contribution in [0.1, 0.15) is 0 Å². The topological polar surface area (TPSA) is 0 Å². The van der Waals surface area contributed by atoms with E-state index in [-0.39, 0.29) is 0 Å². The minimum absolute atomic E-state index is 0.407. The van der Waals surface area contributed by atoms with Gasteiger partial charge in [0.05, 0.1) is 0 Å². The fraction of sp³-hybridized carbons (Fsp3) is 0.143. The van der Waals surface area contributed by atoms with Crippen LogP contribution in [-0.4, -0.2) is 6.17 Å². The quantitative estimate of drug-likeness (QED) is 0.490. The Hall–Kier alpha value is -0.560. The van der Waals surface area contributed by atoms with Crippen LogP contribution in [0.3, 0.4) is 0 Å². The van der Waals surface area contributed by atoms with Crippen molar-refractivity contribution < 1.29 is 4.39 Å². The molecule has 1 rings (SSSR count). The molecule has 0 nitrogen and oxygen atoms in total. The first kappa shape index (κ1) is 6.56. The number of allylic oxidation sites excluding steroid dienone is 5. The second kappa shape index (κ2) is 2.36. The maximum absolute atomic E-state index is 12.3. The van der Waals surface area contributed by atoms with Crippen molar-refractivity contribution in [2.24, 2.45) is 0 Å². The van der Waals surface area contributed by atoms with Crippen LogP contribution in [0.4, 0.5) is 4.39 Å². The first-order valence-electron chi connectivity index (χ1n) is 2.59. The van der Waals surface area contributed by atoms with Crippen LogP contribution in [0, 0.1) is 0 Å². The third kappa shape index (κ3) is 1.42. The summed E-state index contributed by atoms with van der Waals surface area (Å²) in [6.07, 6.45) is 3.27. The van der Waals surface area contributed by atoms with Gasteiger partial charge < -0.3 is 0 Å². The summed E-state index contributed by atoms with van der Waals surface area (Å²) < 4.78 is 12.3. The summed E-state index contributed by atoms with van der Waals surface area (Å²) in [6, 6.07) is 0. The van der Waals surface area contributed by atoms with E-state index in [1.807, 2.05) is 0 Å². The van der Waals surface area contributed by atoms with E-state index in [9.17, 15) is 4.39 Å². The van der Waals surface area contributed by atoms with Gasteiger partial charge in [0.25, 0.3) is 0 Å². The summed E-state index contributed by atoms with van der Waals surface area (Å²) in [4.78, 5) is 0. The van der Waals surface area contributed by atoms with Crippen molar-refractivity contribution in [3.8, 4) is 0 Å². The van der Waals surface area contributed by atoms with Gasteiger partial charge in [0.1, 0.15) is 6.17 Å². The summed E-state index contributed by atoms with van der Waals surface area (Å²) in [5.74, 6) is 0. The molecule has 1 atom stereocenters. The SMILES string of the molecule is C=C1C=CC(F)C=C1Cl. The molecule has 0 aliphatic heterocycles. The molecule has 48 valence electrons. The third-order valence-corrected chi connectivity index (χ3v) is 1.46. The van der Waals surface area contributed by atoms with Crippen molar-refractivity contribution in [2.45, 2.75) is 6.17 Å². The van der Waals surface area contributed by atoms with Crippen LogP contribution in [0.15, 0.2) is 35.4 Å². The predicted molar refractivity (Wildman–Crippen MR) is 37.1 cm³/mol. The Bertz CT molecular complexity index is 191. The average Bonchev–Trinajstić information content (AvgIpc) is 1.80. The summed E-state index contributed by atoms with van der Waals surface area (Å²) in [6.45, 7) is 3.58. The molecule has 1 unspecified atom stereocenters. The number of hydrogen-bond donors (Lipinski definition) is 0. The zero-order valence-corrected chi connectivity index (χ0v) is 5.53. The highest BCUT2D eigenvalue weighted by Gasteiger charge is 2.06. The molecule has 0 bridgehead atoms. The number of alkyl halides is 1. The molecule has 9 heavy (non-hydrogen) atoms. The van der Waals surface area contributed by atoms with E-state index >= 15 is 0 Å². The zero-order chi connectivity index (χ0) is 6.85. The summed E-state index contributed by atoms with van der Waals surface area (Å²) in [5, 5.41) is 0.407. The number of halogens is 2. The molecule has 0 amide bonds. The lowest BCUT2D eigenvalue weighted by Gasteiger charge is -2.05. The molecule has 0 radical (unpaired) electrons. The fourth-order valence-electron chi connectivity index (χ4n) is 0.590.